The van der Waals surface area contributed by atoms with Gasteiger partial charge in [-0.2, -0.15) is 0 Å². The minimum atomic E-state index is -1.19. The topological polar surface area (TPSA) is 121 Å². The molecule has 3 N–H and O–H groups in total. The number of hydrogen-bond acceptors (Lipinski definition) is 10. The van der Waals surface area contributed by atoms with Crippen LogP contribution in [0.1, 0.15) is 23.0 Å². The number of aromatic nitrogens is 1. The summed E-state index contributed by atoms with van der Waals surface area (Å²) in [6, 6.07) is 8.34. The lowest BCUT2D eigenvalue weighted by Gasteiger charge is -2.35. The summed E-state index contributed by atoms with van der Waals surface area (Å²) in [6.07, 6.45) is 2.57. The van der Waals surface area contributed by atoms with Crippen LogP contribution in [-0.4, -0.2) is 75.6 Å². The Balaban J connectivity index is 1.50. The molecule has 0 bridgehead atoms. The van der Waals surface area contributed by atoms with Crippen molar-refractivity contribution in [2.45, 2.75) is 6.92 Å². The van der Waals surface area contributed by atoms with Crippen molar-refractivity contribution >= 4 is 51.2 Å². The third kappa shape index (κ3) is 6.11. The number of nitrogens with one attached hydrogen (secondary N) is 3. The normalized spacial score (nSPS) is 13.4. The van der Waals surface area contributed by atoms with Crippen LogP contribution in [0.15, 0.2) is 53.6 Å². The van der Waals surface area contributed by atoms with Gasteiger partial charge in [0.2, 0.25) is 11.7 Å². The zero-order chi connectivity index (χ0) is 32.2. The standard InChI is InChI=1S/C32H34F2N6O5/c1-6-26(41)38-21-14-18(40-12-10-39(7-2)11-13-40)8-9-20(21)37-25-15-19-24(17-36-25)45-32(30(19)35-3)31(42)27-28(33)22(43-4)16-23(44-5)29(27)34/h6,8-9,14-17,35H,1,7,10-13H2,2-5H3,(H,36,37)(H,38,41). The maximum Gasteiger partial charge on any atom is 0.247 e. The van der Waals surface area contributed by atoms with E-state index in [-0.39, 0.29) is 34.4 Å². The van der Waals surface area contributed by atoms with E-state index in [0.29, 0.717) is 22.6 Å². The van der Waals surface area contributed by atoms with E-state index in [0.717, 1.165) is 44.5 Å². The molecule has 3 heterocycles. The summed E-state index contributed by atoms with van der Waals surface area (Å²) in [6.45, 7) is 10.3. The largest absolute Gasteiger partial charge is 0.494 e. The van der Waals surface area contributed by atoms with E-state index in [1.165, 1.54) is 26.5 Å². The number of pyridine rings is 1. The molecule has 0 unspecified atom stereocenters. The predicted octanol–water partition coefficient (Wildman–Crippen LogP) is 5.41. The summed E-state index contributed by atoms with van der Waals surface area (Å²) in [4.78, 5) is 34.9. The molecule has 11 nitrogen and oxygen atoms in total. The summed E-state index contributed by atoms with van der Waals surface area (Å²) < 4.78 is 46.0. The van der Waals surface area contributed by atoms with E-state index in [4.69, 9.17) is 13.9 Å². The molecule has 0 radical (unpaired) electrons. The summed E-state index contributed by atoms with van der Waals surface area (Å²) in [7, 11) is 3.94. The average Bonchev–Trinajstić information content (AvgIpc) is 3.43. The SMILES string of the molecule is C=CC(=O)Nc1cc(N2CCN(CC)CC2)ccc1Nc1cc2c(NC)c(C(=O)c3c(F)c(OC)cc(OC)c3F)oc2cn1. The van der Waals surface area contributed by atoms with Crippen LogP contribution in [-0.2, 0) is 4.79 Å². The van der Waals surface area contributed by atoms with Crippen molar-refractivity contribution in [2.24, 2.45) is 0 Å². The fraction of sp³-hybridized carbons (Fsp3) is 0.281. The predicted molar refractivity (Wildman–Crippen MR) is 169 cm³/mol. The molecule has 0 saturated carbocycles. The van der Waals surface area contributed by atoms with Gasteiger partial charge in [-0.25, -0.2) is 13.8 Å². The second-order valence-electron chi connectivity index (χ2n) is 10.2. The first-order chi connectivity index (χ1) is 21.7. The number of hydrogen-bond donors (Lipinski definition) is 3. The fourth-order valence-corrected chi connectivity index (χ4v) is 5.26. The molecule has 13 heteroatoms. The van der Waals surface area contributed by atoms with Crippen LogP contribution in [0, 0.1) is 11.6 Å². The number of amides is 1. The zero-order valence-electron chi connectivity index (χ0n) is 25.4. The number of carbonyl (C=O) groups excluding carboxylic acids is 2. The van der Waals surface area contributed by atoms with Crippen molar-refractivity contribution < 1.29 is 32.3 Å². The van der Waals surface area contributed by atoms with Gasteiger partial charge in [0.15, 0.2) is 34.5 Å². The lowest BCUT2D eigenvalue weighted by molar-refractivity contribution is -0.111. The molecule has 2 aromatic heterocycles. The van der Waals surface area contributed by atoms with Crippen molar-refractivity contribution in [3.05, 3.63) is 72.1 Å². The molecule has 1 aliphatic rings. The van der Waals surface area contributed by atoms with E-state index < -0.39 is 23.0 Å². The van der Waals surface area contributed by atoms with Gasteiger partial charge in [0.05, 0.1) is 37.5 Å². The number of carbonyl (C=O) groups is 2. The smallest absolute Gasteiger partial charge is 0.247 e. The quantitative estimate of drug-likeness (QED) is 0.148. The zero-order valence-corrected chi connectivity index (χ0v) is 25.4. The minimum Gasteiger partial charge on any atom is -0.494 e. The monoisotopic (exact) mass is 620 g/mol. The summed E-state index contributed by atoms with van der Waals surface area (Å²) in [5, 5.41) is 9.40. The molecule has 4 aromatic rings. The Labute approximate surface area is 258 Å². The van der Waals surface area contributed by atoms with Crippen LogP contribution in [0.3, 0.4) is 0 Å². The second kappa shape index (κ2) is 13.2. The molecule has 45 heavy (non-hydrogen) atoms. The number of ether oxygens (including phenoxy) is 2. The molecule has 1 aliphatic heterocycles. The molecular formula is C32H34F2N6O5. The number of nitrogens with zero attached hydrogens (tertiary/aromatic N) is 3. The van der Waals surface area contributed by atoms with Gasteiger partial charge in [-0.05, 0) is 36.9 Å². The molecule has 0 aliphatic carbocycles. The van der Waals surface area contributed by atoms with Gasteiger partial charge in [-0.1, -0.05) is 13.5 Å². The third-order valence-corrected chi connectivity index (χ3v) is 7.73. The number of piperazine rings is 1. The summed E-state index contributed by atoms with van der Waals surface area (Å²) in [5.74, 6) is -4.49. The maximum atomic E-state index is 15.2. The number of ketones is 1. The van der Waals surface area contributed by atoms with E-state index in [9.17, 15) is 9.59 Å². The Morgan fingerprint density at radius 1 is 1.04 bits per heavy atom. The molecule has 236 valence electrons. The number of benzene rings is 2. The Hall–Kier alpha value is -5.17. The van der Waals surface area contributed by atoms with Crippen molar-refractivity contribution in [3.63, 3.8) is 0 Å². The van der Waals surface area contributed by atoms with Crippen molar-refractivity contribution in [1.82, 2.24) is 9.88 Å². The van der Waals surface area contributed by atoms with Gasteiger partial charge in [-0.3, -0.25) is 9.59 Å². The highest BCUT2D eigenvalue weighted by atomic mass is 19.1. The van der Waals surface area contributed by atoms with E-state index >= 15 is 8.78 Å². The van der Waals surface area contributed by atoms with Crippen molar-refractivity contribution in [1.29, 1.82) is 0 Å². The number of likely N-dealkylation sites (N-methyl/N-ethyl adjacent to an activating group) is 1. The van der Waals surface area contributed by atoms with Gasteiger partial charge in [0.25, 0.3) is 0 Å². The number of fused-ring (bicyclic) bond motifs is 1. The lowest BCUT2D eigenvalue weighted by atomic mass is 10.0. The average molecular weight is 621 g/mol. The Kier molecular flexibility index (Phi) is 9.18. The molecular weight excluding hydrogens is 586 g/mol. The molecule has 0 atom stereocenters. The van der Waals surface area contributed by atoms with Gasteiger partial charge < -0.3 is 39.6 Å². The van der Waals surface area contributed by atoms with Gasteiger partial charge >= 0.3 is 0 Å². The van der Waals surface area contributed by atoms with Crippen LogP contribution in [0.5, 0.6) is 11.5 Å². The molecule has 1 fully saturated rings. The summed E-state index contributed by atoms with van der Waals surface area (Å²) in [5.41, 5.74) is 1.56. The van der Waals surface area contributed by atoms with Gasteiger partial charge in [0, 0.05) is 50.4 Å². The van der Waals surface area contributed by atoms with Crippen LogP contribution in [0.25, 0.3) is 11.0 Å². The van der Waals surface area contributed by atoms with Crippen LogP contribution >= 0.6 is 0 Å². The maximum absolute atomic E-state index is 15.2. The van der Waals surface area contributed by atoms with Gasteiger partial charge in [-0.15, -0.1) is 0 Å². The van der Waals surface area contributed by atoms with E-state index in [1.807, 2.05) is 18.2 Å². The van der Waals surface area contributed by atoms with E-state index in [2.05, 4.69) is 44.2 Å². The first-order valence-corrected chi connectivity index (χ1v) is 14.3. The molecule has 2 aromatic carbocycles. The fourth-order valence-electron chi connectivity index (χ4n) is 5.26. The van der Waals surface area contributed by atoms with Crippen LogP contribution in [0.2, 0.25) is 0 Å². The first kappa shape index (κ1) is 31.3. The number of furan rings is 1. The summed E-state index contributed by atoms with van der Waals surface area (Å²) >= 11 is 0. The Bertz CT molecular complexity index is 1740. The highest BCUT2D eigenvalue weighted by molar-refractivity contribution is 6.15. The second-order valence-corrected chi connectivity index (χ2v) is 10.2. The van der Waals surface area contributed by atoms with Crippen LogP contribution < -0.4 is 30.3 Å². The number of rotatable bonds is 11. The number of anilines is 5. The highest BCUT2D eigenvalue weighted by Crippen LogP contribution is 2.38. The highest BCUT2D eigenvalue weighted by Gasteiger charge is 2.31. The van der Waals surface area contributed by atoms with Crippen LogP contribution in [0.4, 0.5) is 37.3 Å². The van der Waals surface area contributed by atoms with Crippen molar-refractivity contribution in [3.8, 4) is 11.5 Å². The molecule has 1 amide bonds. The Morgan fingerprint density at radius 3 is 2.33 bits per heavy atom. The minimum absolute atomic E-state index is 0.197. The first-order valence-electron chi connectivity index (χ1n) is 14.3. The van der Waals surface area contributed by atoms with Crippen molar-refractivity contribution in [2.75, 3.05) is 74.8 Å². The van der Waals surface area contributed by atoms with Gasteiger partial charge in [0.1, 0.15) is 11.4 Å². The van der Waals surface area contributed by atoms with E-state index in [1.54, 1.807) is 13.1 Å². The molecule has 0 spiro atoms. The lowest BCUT2D eigenvalue weighted by Crippen LogP contribution is -2.46. The number of methoxy groups -OCH3 is 2. The number of halogens is 2. The molecule has 5 rings (SSSR count). The Morgan fingerprint density at radius 2 is 1.73 bits per heavy atom. The third-order valence-electron chi connectivity index (χ3n) is 7.73. The molecule has 1 saturated heterocycles.